The lowest BCUT2D eigenvalue weighted by atomic mass is 10.00. The lowest BCUT2D eigenvalue weighted by molar-refractivity contribution is -0.146. The lowest BCUT2D eigenvalue weighted by Crippen LogP contribution is -2.61. The van der Waals surface area contributed by atoms with E-state index in [1.165, 1.54) is 55.6 Å². The van der Waals surface area contributed by atoms with E-state index in [0.29, 0.717) is 52.4 Å². The molecule has 4 aromatic carbocycles. The molecule has 0 unspecified atom stereocenters. The Bertz CT molecular complexity index is 3310. The van der Waals surface area contributed by atoms with Crippen LogP contribution < -0.4 is 42.5 Å². The third-order valence-electron chi connectivity index (χ3n) is 15.4. The molecule has 2 fully saturated rings. The summed E-state index contributed by atoms with van der Waals surface area (Å²) >= 11 is 0. The highest BCUT2D eigenvalue weighted by molar-refractivity contribution is 6.00. The van der Waals surface area contributed by atoms with Gasteiger partial charge in [-0.15, -0.1) is 0 Å². The van der Waals surface area contributed by atoms with Gasteiger partial charge in [-0.25, -0.2) is 0 Å². The van der Waals surface area contributed by atoms with Crippen molar-refractivity contribution >= 4 is 75.9 Å². The van der Waals surface area contributed by atoms with Crippen LogP contribution in [0.15, 0.2) is 109 Å². The van der Waals surface area contributed by atoms with Crippen molar-refractivity contribution in [2.24, 2.45) is 0 Å². The van der Waals surface area contributed by atoms with E-state index in [-0.39, 0.29) is 63.0 Å². The maximum Gasteiger partial charge on any atom is 0.305 e. The predicted molar refractivity (Wildman–Crippen MR) is 318 cm³/mol. The second-order valence-electron chi connectivity index (χ2n) is 21.8. The highest BCUT2D eigenvalue weighted by atomic mass is 16.4. The van der Waals surface area contributed by atoms with E-state index in [0.717, 1.165) is 9.80 Å². The van der Waals surface area contributed by atoms with Gasteiger partial charge in [0.25, 0.3) is 0 Å². The molecule has 0 spiro atoms. The van der Waals surface area contributed by atoms with Gasteiger partial charge in [0.1, 0.15) is 59.8 Å². The molecule has 0 aliphatic carbocycles. The summed E-state index contributed by atoms with van der Waals surface area (Å²) in [6, 6.07) is 15.0. The molecule has 0 saturated carbocycles. The Balaban J connectivity index is 1.26. The number of aromatic nitrogens is 1. The zero-order chi connectivity index (χ0) is 63.4. The maximum atomic E-state index is 14.9. The van der Waals surface area contributed by atoms with E-state index in [1.807, 2.05) is 6.92 Å². The molecular weight excluding hydrogens is 1140 g/mol. The largest absolute Gasteiger partial charge is 0.508 e. The van der Waals surface area contributed by atoms with Gasteiger partial charge in [0, 0.05) is 56.4 Å². The molecule has 88 heavy (non-hydrogen) atoms. The minimum atomic E-state index is -1.81. The Morgan fingerprint density at radius 3 is 1.68 bits per heavy atom. The molecule has 8 atom stereocenters. The van der Waals surface area contributed by atoms with Gasteiger partial charge in [-0.1, -0.05) is 99.0 Å². The number of aromatic amines is 1. The molecule has 3 heterocycles. The van der Waals surface area contributed by atoms with Crippen LogP contribution in [0.1, 0.15) is 74.1 Å². The summed E-state index contributed by atoms with van der Waals surface area (Å²) in [6.45, 7) is -0.706. The molecule has 26 heteroatoms. The van der Waals surface area contributed by atoms with Crippen LogP contribution in [0, 0.1) is 0 Å². The molecule has 2 saturated heterocycles. The third-order valence-corrected chi connectivity index (χ3v) is 15.4. The fourth-order valence-corrected chi connectivity index (χ4v) is 10.6. The van der Waals surface area contributed by atoms with Crippen LogP contribution in [0.5, 0.6) is 11.5 Å². The van der Waals surface area contributed by atoms with Gasteiger partial charge in [-0.3, -0.25) is 52.7 Å². The number of phenols is 2. The number of aromatic hydroxyl groups is 2. The number of phenolic OH excluding ortho intramolecular Hbond substituents is 2. The molecule has 7 rings (SSSR count). The number of aliphatic hydroxyl groups excluding tert-OH is 1. The molecule has 0 bridgehead atoms. The first-order valence-electron chi connectivity index (χ1n) is 29.1. The first kappa shape index (κ1) is 65.7. The van der Waals surface area contributed by atoms with Crippen LogP contribution in [-0.4, -0.2) is 182 Å². The number of carboxylic acid groups (broad SMARTS) is 1. The number of fused-ring (bicyclic) bond motifs is 2. The van der Waals surface area contributed by atoms with Gasteiger partial charge < -0.3 is 77.7 Å². The molecule has 2 aliphatic heterocycles. The van der Waals surface area contributed by atoms with Gasteiger partial charge in [0.05, 0.1) is 26.1 Å². The van der Waals surface area contributed by atoms with Crippen molar-refractivity contribution in [3.05, 3.63) is 132 Å². The summed E-state index contributed by atoms with van der Waals surface area (Å²) in [6.07, 6.45) is 1.96. The van der Waals surface area contributed by atoms with Gasteiger partial charge >= 0.3 is 5.97 Å². The van der Waals surface area contributed by atoms with Crippen molar-refractivity contribution in [1.29, 1.82) is 0 Å². The first-order chi connectivity index (χ1) is 42.2. The van der Waals surface area contributed by atoms with Gasteiger partial charge in [0.2, 0.25) is 59.1 Å². The van der Waals surface area contributed by atoms with Gasteiger partial charge in [-0.05, 0) is 71.8 Å². The number of likely N-dealkylation sites (N-methyl/N-ethyl adjacent to an activating group) is 1. The zero-order valence-electron chi connectivity index (χ0n) is 48.8. The molecule has 13 N–H and O–H groups in total. The fourth-order valence-electron chi connectivity index (χ4n) is 10.6. The number of carbonyl (C=O) groups excluding carboxylic acids is 10. The zero-order valence-corrected chi connectivity index (χ0v) is 48.8. The van der Waals surface area contributed by atoms with E-state index < -0.39 is 139 Å². The van der Waals surface area contributed by atoms with Crippen LogP contribution in [0.4, 0.5) is 0 Å². The van der Waals surface area contributed by atoms with Crippen LogP contribution in [-0.2, 0) is 78.4 Å². The lowest BCUT2D eigenvalue weighted by Gasteiger charge is -2.32. The number of carbonyl (C=O) groups is 11. The van der Waals surface area contributed by atoms with E-state index in [2.05, 4.69) is 47.5 Å². The highest BCUT2D eigenvalue weighted by Crippen LogP contribution is 2.22. The average molecular weight is 1210 g/mol. The summed E-state index contributed by atoms with van der Waals surface area (Å²) < 4.78 is 0. The number of hydrogen-bond donors (Lipinski definition) is 13. The number of benzene rings is 4. The monoisotopic (exact) mass is 1210 g/mol. The maximum absolute atomic E-state index is 14.9. The second kappa shape index (κ2) is 31.5. The van der Waals surface area contributed by atoms with E-state index in [4.69, 9.17) is 0 Å². The molecule has 10 amide bonds. The molecule has 1 aromatic heterocycles. The van der Waals surface area contributed by atoms with Crippen LogP contribution >= 0.6 is 0 Å². The minimum Gasteiger partial charge on any atom is -0.508 e. The number of carboxylic acids is 1. The third kappa shape index (κ3) is 18.3. The molecular formula is C62H75N11O15. The van der Waals surface area contributed by atoms with Gasteiger partial charge in [0.15, 0.2) is 0 Å². The van der Waals surface area contributed by atoms with E-state index in [9.17, 15) is 73.2 Å². The fraction of sp³-hybridized carbons (Fsp3) is 0.403. The number of nitrogens with one attached hydrogen (secondary N) is 9. The summed E-state index contributed by atoms with van der Waals surface area (Å²) in [4.78, 5) is 161. The van der Waals surface area contributed by atoms with E-state index in [1.54, 1.807) is 60.8 Å². The number of H-pyrrole nitrogens is 1. The summed E-state index contributed by atoms with van der Waals surface area (Å²) in [7, 11) is 1.26. The summed E-state index contributed by atoms with van der Waals surface area (Å²) in [5, 5.41) is 62.1. The van der Waals surface area contributed by atoms with Crippen molar-refractivity contribution in [2.45, 2.75) is 126 Å². The number of hydrogen-bond acceptors (Lipinski definition) is 14. The molecule has 468 valence electrons. The van der Waals surface area contributed by atoms with Crippen molar-refractivity contribution in [1.82, 2.24) is 57.3 Å². The van der Waals surface area contributed by atoms with Crippen LogP contribution in [0.2, 0.25) is 0 Å². The topological polar surface area (TPSA) is 387 Å². The van der Waals surface area contributed by atoms with Crippen LogP contribution in [0.25, 0.3) is 10.9 Å². The van der Waals surface area contributed by atoms with E-state index >= 15 is 0 Å². The summed E-state index contributed by atoms with van der Waals surface area (Å²) in [5.41, 5.74) is 2.71. The summed E-state index contributed by atoms with van der Waals surface area (Å²) in [5.74, 6) is -10.9. The number of amides is 10. The molecule has 0 radical (unpaired) electrons. The standard InChI is InChI=1S/C62H75N11O15/c1-3-4-6-16-44-56(82)69-47(30-39-32-63-43-15-10-9-14-42(39)43)55(81)64-33-52(77)66-45(27-37-18-22-40(75)23-19-37)57(83)71-48(31-54(79)80)62(88)73-26-11-17-50(73)59(85)65-34-53(78)67-49(35-74)61(87)72(2)51(29-36-12-7-5-8-13-36)60(86)70-46(58(84)68-44)28-38-20-24-41(76)25-21-38/h5,7-10,12-15,18-25,32,44-51,63,74-76H,3-4,6,11,16-17,26-31,33-35H2,1-2H3,(H,64,81)(H,65,85)(H,66,77)(H,67,78)(H,68,84)(H,69,82)(H,70,86)(H,71,83)(H,79,80)/t44-,45-,46-,47-,48-,49+,50+,51-/m0/s1. The first-order valence-corrected chi connectivity index (χ1v) is 29.1. The average Bonchev–Trinajstić information content (AvgIpc) is 3.98. The number of unbranched alkanes of at least 4 members (excludes halogenated alkanes) is 2. The van der Waals surface area contributed by atoms with Crippen molar-refractivity contribution in [2.75, 3.05) is 33.3 Å². The Morgan fingerprint density at radius 2 is 1.07 bits per heavy atom. The molecule has 26 nitrogen and oxygen atoms in total. The molecule has 5 aromatic rings. The number of aliphatic hydroxyl groups is 1. The second-order valence-corrected chi connectivity index (χ2v) is 21.8. The quantitative estimate of drug-likeness (QED) is 0.0608. The molecule has 2 aliphatic rings. The predicted octanol–water partition coefficient (Wildman–Crippen LogP) is -0.130. The minimum absolute atomic E-state index is 0.0446. The number of rotatable bonds is 15. The number of aliphatic carboxylic acids is 1. The number of nitrogens with zero attached hydrogens (tertiary/aromatic N) is 2. The van der Waals surface area contributed by atoms with Crippen LogP contribution in [0.3, 0.4) is 0 Å². The van der Waals surface area contributed by atoms with Gasteiger partial charge in [-0.2, -0.15) is 0 Å². The van der Waals surface area contributed by atoms with Crippen molar-refractivity contribution in [3.63, 3.8) is 0 Å². The Kier molecular flexibility index (Phi) is 23.5. The highest BCUT2D eigenvalue weighted by Gasteiger charge is 2.41. The Morgan fingerprint density at radius 1 is 0.545 bits per heavy atom. The number of para-hydroxylation sites is 1. The van der Waals surface area contributed by atoms with Crippen molar-refractivity contribution < 1.29 is 73.2 Å². The Labute approximate surface area is 506 Å². The SMILES string of the molecule is CCCCC[C@@H]1NC(=O)[C@H](Cc2ccc(O)cc2)NC(=O)[C@H](Cc2ccccc2)N(C)C(=O)[C@@H](CO)NC(=O)CNC(=O)[C@H]2CCCN2C(=O)[C@H](CC(=O)O)NC(=O)[C@H](Cc2ccc(O)cc2)NC(=O)CNC(=O)[C@H](Cc2c[nH]c3ccccc23)NC1=O. The van der Waals surface area contributed by atoms with Crippen molar-refractivity contribution in [3.8, 4) is 11.5 Å². The smallest absolute Gasteiger partial charge is 0.305 e. The Hall–Kier alpha value is -9.85. The normalized spacial score (nSPS) is 22.9.